The molecule has 3 aromatic rings. The molecular weight excluding hydrogens is 368 g/mol. The Hall–Kier alpha value is -3.28. The summed E-state index contributed by atoms with van der Waals surface area (Å²) < 4.78 is 7.85. The summed E-state index contributed by atoms with van der Waals surface area (Å²) in [6.07, 6.45) is 2.14. The number of fused-ring (bicyclic) bond motifs is 1. The summed E-state index contributed by atoms with van der Waals surface area (Å²) in [4.78, 5) is 23.4. The van der Waals surface area contributed by atoms with Crippen LogP contribution < -0.4 is 10.1 Å². The molecule has 0 aliphatic heterocycles. The van der Waals surface area contributed by atoms with Crippen molar-refractivity contribution in [2.24, 2.45) is 5.92 Å². The van der Waals surface area contributed by atoms with Gasteiger partial charge in [0.05, 0.1) is 0 Å². The van der Waals surface area contributed by atoms with E-state index in [0.717, 1.165) is 22.2 Å². The number of amides is 1. The van der Waals surface area contributed by atoms with Gasteiger partial charge >= 0.3 is 5.97 Å². The van der Waals surface area contributed by atoms with Crippen LogP contribution in [0.25, 0.3) is 10.9 Å². The fourth-order valence-electron chi connectivity index (χ4n) is 3.19. The van der Waals surface area contributed by atoms with Crippen LogP contribution in [-0.4, -0.2) is 27.6 Å². The molecule has 152 valence electrons. The van der Waals surface area contributed by atoms with Crippen LogP contribution in [0.15, 0.2) is 60.8 Å². The van der Waals surface area contributed by atoms with Crippen LogP contribution in [0.4, 0.5) is 0 Å². The van der Waals surface area contributed by atoms with E-state index in [0.29, 0.717) is 13.2 Å². The van der Waals surface area contributed by atoms with Crippen LogP contribution in [-0.2, 0) is 22.7 Å². The molecule has 1 heterocycles. The Morgan fingerprint density at radius 2 is 1.86 bits per heavy atom. The molecule has 1 unspecified atom stereocenters. The molecular formula is C23H26N2O4. The number of hydrogen-bond donors (Lipinski definition) is 2. The van der Waals surface area contributed by atoms with Crippen molar-refractivity contribution in [2.45, 2.75) is 39.5 Å². The average Bonchev–Trinajstić information content (AvgIpc) is 3.11. The lowest BCUT2D eigenvalue weighted by atomic mass is 10.0. The normalized spacial score (nSPS) is 12.1. The van der Waals surface area contributed by atoms with E-state index in [1.54, 1.807) is 13.8 Å². The van der Waals surface area contributed by atoms with Crippen LogP contribution in [0.2, 0.25) is 0 Å². The summed E-state index contributed by atoms with van der Waals surface area (Å²) in [5.41, 5.74) is 2.11. The highest BCUT2D eigenvalue weighted by molar-refractivity contribution is 5.84. The summed E-state index contributed by atoms with van der Waals surface area (Å²) in [6.45, 7) is 4.53. The Morgan fingerprint density at radius 3 is 2.55 bits per heavy atom. The average molecular weight is 394 g/mol. The molecule has 1 amide bonds. The van der Waals surface area contributed by atoms with Gasteiger partial charge in [-0.2, -0.15) is 0 Å². The Bertz CT molecular complexity index is 979. The number of carboxylic acids is 1. The van der Waals surface area contributed by atoms with Crippen molar-refractivity contribution in [3.63, 3.8) is 0 Å². The van der Waals surface area contributed by atoms with Gasteiger partial charge in [0.15, 0.2) is 0 Å². The predicted octanol–water partition coefficient (Wildman–Crippen LogP) is 3.84. The van der Waals surface area contributed by atoms with Crippen LogP contribution >= 0.6 is 0 Å². The van der Waals surface area contributed by atoms with Crippen LogP contribution in [0.5, 0.6) is 5.75 Å². The van der Waals surface area contributed by atoms with E-state index in [9.17, 15) is 14.7 Å². The van der Waals surface area contributed by atoms with E-state index in [-0.39, 0.29) is 18.2 Å². The van der Waals surface area contributed by atoms with Crippen molar-refractivity contribution < 1.29 is 19.4 Å². The van der Waals surface area contributed by atoms with Gasteiger partial charge in [-0.15, -0.1) is 0 Å². The number of carboxylic acid groups (broad SMARTS) is 1. The van der Waals surface area contributed by atoms with E-state index >= 15 is 0 Å². The van der Waals surface area contributed by atoms with Crippen molar-refractivity contribution >= 4 is 22.8 Å². The molecule has 0 bridgehead atoms. The number of aromatic nitrogens is 1. The number of aryl methyl sites for hydroxylation is 1. The van der Waals surface area contributed by atoms with Gasteiger partial charge in [-0.1, -0.05) is 44.2 Å². The quantitative estimate of drug-likeness (QED) is 0.578. The Morgan fingerprint density at radius 1 is 1.10 bits per heavy atom. The Labute approximate surface area is 170 Å². The smallest absolute Gasteiger partial charge is 0.326 e. The fourth-order valence-corrected chi connectivity index (χ4v) is 3.19. The zero-order chi connectivity index (χ0) is 20.8. The first kappa shape index (κ1) is 20.5. The minimum absolute atomic E-state index is 0.168. The highest BCUT2D eigenvalue weighted by Crippen LogP contribution is 2.23. The lowest BCUT2D eigenvalue weighted by Crippen LogP contribution is -2.44. The van der Waals surface area contributed by atoms with Crippen LogP contribution in [0.3, 0.4) is 0 Å². The van der Waals surface area contributed by atoms with Crippen LogP contribution in [0.1, 0.15) is 25.8 Å². The summed E-state index contributed by atoms with van der Waals surface area (Å²) in [5, 5.41) is 12.8. The lowest BCUT2D eigenvalue weighted by molar-refractivity contribution is -0.143. The zero-order valence-corrected chi connectivity index (χ0v) is 16.7. The lowest BCUT2D eigenvalue weighted by Gasteiger charge is -2.18. The van der Waals surface area contributed by atoms with E-state index < -0.39 is 12.0 Å². The maximum Gasteiger partial charge on any atom is 0.326 e. The van der Waals surface area contributed by atoms with E-state index in [1.165, 1.54) is 0 Å². The number of carbonyl (C=O) groups excluding carboxylic acids is 1. The topological polar surface area (TPSA) is 80.6 Å². The number of nitrogens with one attached hydrogen (secondary N) is 1. The molecule has 2 aromatic carbocycles. The summed E-state index contributed by atoms with van der Waals surface area (Å²) in [6, 6.07) is 17.0. The van der Waals surface area contributed by atoms with Gasteiger partial charge in [-0.25, -0.2) is 4.79 Å². The Balaban J connectivity index is 1.59. The van der Waals surface area contributed by atoms with E-state index in [2.05, 4.69) is 5.32 Å². The second-order valence-electron chi connectivity index (χ2n) is 7.38. The van der Waals surface area contributed by atoms with Crippen molar-refractivity contribution in [1.82, 2.24) is 9.88 Å². The van der Waals surface area contributed by atoms with Gasteiger partial charge in [-0.05, 0) is 35.7 Å². The molecule has 1 aromatic heterocycles. The molecule has 2 N–H and O–H groups in total. The van der Waals surface area contributed by atoms with Gasteiger partial charge in [0.2, 0.25) is 5.91 Å². The van der Waals surface area contributed by atoms with Crippen molar-refractivity contribution in [3.8, 4) is 5.75 Å². The van der Waals surface area contributed by atoms with E-state index in [1.807, 2.05) is 65.4 Å². The van der Waals surface area contributed by atoms with E-state index in [4.69, 9.17) is 4.74 Å². The summed E-state index contributed by atoms with van der Waals surface area (Å²) >= 11 is 0. The second kappa shape index (κ2) is 9.28. The first-order chi connectivity index (χ1) is 13.9. The first-order valence-electron chi connectivity index (χ1n) is 9.72. The third-order valence-corrected chi connectivity index (χ3v) is 4.82. The van der Waals surface area contributed by atoms with Crippen molar-refractivity contribution in [2.75, 3.05) is 0 Å². The predicted molar refractivity (Wildman–Crippen MR) is 112 cm³/mol. The second-order valence-corrected chi connectivity index (χ2v) is 7.38. The monoisotopic (exact) mass is 394 g/mol. The largest absolute Gasteiger partial charge is 0.489 e. The molecule has 0 spiro atoms. The van der Waals surface area contributed by atoms with Crippen LogP contribution in [0, 0.1) is 5.92 Å². The zero-order valence-electron chi connectivity index (χ0n) is 16.7. The molecule has 0 saturated carbocycles. The number of nitrogens with zero attached hydrogens (tertiary/aromatic N) is 1. The maximum atomic E-state index is 12.2. The van der Waals surface area contributed by atoms with Gasteiger partial charge in [0.1, 0.15) is 18.4 Å². The minimum atomic E-state index is -1.01. The van der Waals surface area contributed by atoms with Gasteiger partial charge < -0.3 is 19.7 Å². The number of benzene rings is 2. The molecule has 1 atom stereocenters. The highest BCUT2D eigenvalue weighted by atomic mass is 16.5. The highest BCUT2D eigenvalue weighted by Gasteiger charge is 2.23. The molecule has 3 rings (SSSR count). The standard InChI is InChI=1S/C23H26N2O4/c1-16(2)22(23(27)28)24-21(26)11-13-25-12-10-18-14-19(8-9-20(18)25)29-15-17-6-4-3-5-7-17/h3-10,12,14,16,22H,11,13,15H2,1-2H3,(H,24,26)(H,27,28). The molecule has 6 nitrogen and oxygen atoms in total. The number of hydrogen-bond acceptors (Lipinski definition) is 3. The first-order valence-corrected chi connectivity index (χ1v) is 9.72. The van der Waals surface area contributed by atoms with Crippen molar-refractivity contribution in [1.29, 1.82) is 0 Å². The molecule has 0 radical (unpaired) electrons. The number of carbonyl (C=O) groups is 2. The summed E-state index contributed by atoms with van der Waals surface area (Å²) in [7, 11) is 0. The van der Waals surface area contributed by atoms with Gasteiger partial charge in [0.25, 0.3) is 0 Å². The molecule has 0 fully saturated rings. The summed E-state index contributed by atoms with van der Waals surface area (Å²) in [5.74, 6) is -0.658. The maximum absolute atomic E-state index is 12.2. The third-order valence-electron chi connectivity index (χ3n) is 4.82. The number of ether oxygens (including phenoxy) is 1. The molecule has 29 heavy (non-hydrogen) atoms. The number of rotatable bonds is 9. The number of aliphatic carboxylic acids is 1. The van der Waals surface area contributed by atoms with Gasteiger partial charge in [0, 0.05) is 30.1 Å². The molecule has 0 aliphatic rings. The minimum Gasteiger partial charge on any atom is -0.489 e. The SMILES string of the molecule is CC(C)C(NC(=O)CCn1ccc2cc(OCc3ccccc3)ccc21)C(=O)O. The molecule has 0 saturated heterocycles. The van der Waals surface area contributed by atoms with Crippen molar-refractivity contribution in [3.05, 3.63) is 66.4 Å². The van der Waals surface area contributed by atoms with Gasteiger partial charge in [-0.3, -0.25) is 4.79 Å². The molecule has 6 heteroatoms. The molecule has 0 aliphatic carbocycles. The fraction of sp³-hybridized carbons (Fsp3) is 0.304. The Kier molecular flexibility index (Phi) is 6.54. The third kappa shape index (κ3) is 5.38.